The lowest BCUT2D eigenvalue weighted by Gasteiger charge is -2.36. The zero-order valence-electron chi connectivity index (χ0n) is 20.7. The first kappa shape index (κ1) is 23.8. The van der Waals surface area contributed by atoms with Crippen LogP contribution in [-0.2, 0) is 0 Å². The fraction of sp³-hybridized carbons (Fsp3) is 0.267. The highest BCUT2D eigenvalue weighted by Crippen LogP contribution is 2.28. The predicted octanol–water partition coefficient (Wildman–Crippen LogP) is 5.26. The molecule has 2 heterocycles. The van der Waals surface area contributed by atoms with Gasteiger partial charge in [-0.1, -0.05) is 60.2 Å². The Labute approximate surface area is 212 Å². The molecule has 1 fully saturated rings. The first-order chi connectivity index (χ1) is 17.7. The molecule has 0 atom stereocenters. The first-order valence-corrected chi connectivity index (χ1v) is 12.6. The number of carbonyl (C=O) groups excluding carboxylic acids is 1. The van der Waals surface area contributed by atoms with Gasteiger partial charge in [0.15, 0.2) is 5.76 Å². The van der Waals surface area contributed by atoms with Crippen LogP contribution >= 0.6 is 0 Å². The van der Waals surface area contributed by atoms with Gasteiger partial charge in [-0.15, -0.1) is 0 Å². The Morgan fingerprint density at radius 2 is 1.64 bits per heavy atom. The number of para-hydroxylation sites is 1. The molecule has 3 aromatic carbocycles. The summed E-state index contributed by atoms with van der Waals surface area (Å²) in [5.74, 6) is 1.04. The van der Waals surface area contributed by atoms with Crippen molar-refractivity contribution in [3.63, 3.8) is 0 Å². The van der Waals surface area contributed by atoms with Gasteiger partial charge in [0.2, 0.25) is 5.89 Å². The monoisotopic (exact) mass is 480 g/mol. The average molecular weight is 481 g/mol. The van der Waals surface area contributed by atoms with Crippen molar-refractivity contribution in [1.82, 2.24) is 15.2 Å². The molecule has 1 saturated heterocycles. The number of anilines is 1. The van der Waals surface area contributed by atoms with Crippen LogP contribution in [0.2, 0.25) is 0 Å². The summed E-state index contributed by atoms with van der Waals surface area (Å²) in [6.07, 6.45) is 2.63. The number of nitrogens with zero attached hydrogens (tertiary/aromatic N) is 3. The molecule has 184 valence electrons. The number of benzene rings is 3. The topological polar surface area (TPSA) is 61.6 Å². The van der Waals surface area contributed by atoms with Crippen LogP contribution in [0.5, 0.6) is 0 Å². The minimum atomic E-state index is -0.102. The maximum Gasteiger partial charge on any atom is 0.252 e. The molecule has 0 radical (unpaired) electrons. The second-order valence-corrected chi connectivity index (χ2v) is 9.21. The van der Waals surface area contributed by atoms with E-state index in [4.69, 9.17) is 4.42 Å². The second kappa shape index (κ2) is 11.2. The third-order valence-corrected chi connectivity index (χ3v) is 6.67. The SMILES string of the molecule is Cc1ccc(-c2cnc(-c3ccccc3C(=O)NCCCN3CCN(c4ccccc4)CC3)o2)cc1. The Hall–Kier alpha value is -3.90. The fourth-order valence-electron chi connectivity index (χ4n) is 4.59. The van der Waals surface area contributed by atoms with E-state index in [1.54, 1.807) is 6.20 Å². The van der Waals surface area contributed by atoms with Crippen molar-refractivity contribution in [2.45, 2.75) is 13.3 Å². The molecule has 0 aliphatic carbocycles. The van der Waals surface area contributed by atoms with E-state index < -0.39 is 0 Å². The van der Waals surface area contributed by atoms with Crippen molar-refractivity contribution in [3.05, 3.63) is 96.2 Å². The molecular weight excluding hydrogens is 448 g/mol. The van der Waals surface area contributed by atoms with Gasteiger partial charge in [0.05, 0.1) is 11.8 Å². The number of rotatable bonds is 8. The van der Waals surface area contributed by atoms with Crippen LogP contribution in [0.1, 0.15) is 22.3 Å². The molecular formula is C30H32N4O2. The van der Waals surface area contributed by atoms with Gasteiger partial charge < -0.3 is 14.6 Å². The highest BCUT2D eigenvalue weighted by Gasteiger charge is 2.18. The summed E-state index contributed by atoms with van der Waals surface area (Å²) in [6.45, 7) is 7.81. The number of carbonyl (C=O) groups is 1. The van der Waals surface area contributed by atoms with Gasteiger partial charge in [0, 0.05) is 49.5 Å². The minimum absolute atomic E-state index is 0.102. The lowest BCUT2D eigenvalue weighted by molar-refractivity contribution is 0.0952. The summed E-state index contributed by atoms with van der Waals surface area (Å²) in [6, 6.07) is 26.2. The molecule has 5 rings (SSSR count). The Kier molecular flexibility index (Phi) is 7.43. The molecule has 0 unspecified atom stereocenters. The van der Waals surface area contributed by atoms with Crippen molar-refractivity contribution < 1.29 is 9.21 Å². The van der Waals surface area contributed by atoms with Gasteiger partial charge in [0.1, 0.15) is 0 Å². The molecule has 0 bridgehead atoms. The van der Waals surface area contributed by atoms with Gasteiger partial charge in [-0.25, -0.2) is 4.98 Å². The van der Waals surface area contributed by atoms with E-state index in [-0.39, 0.29) is 5.91 Å². The van der Waals surface area contributed by atoms with Crippen molar-refractivity contribution in [2.24, 2.45) is 0 Å². The second-order valence-electron chi connectivity index (χ2n) is 9.21. The smallest absolute Gasteiger partial charge is 0.252 e. The molecule has 6 heteroatoms. The zero-order valence-corrected chi connectivity index (χ0v) is 20.7. The maximum absolute atomic E-state index is 13.0. The summed E-state index contributed by atoms with van der Waals surface area (Å²) < 4.78 is 6.03. The van der Waals surface area contributed by atoms with Gasteiger partial charge in [-0.05, 0) is 44.2 Å². The lowest BCUT2D eigenvalue weighted by Crippen LogP contribution is -2.47. The molecule has 1 aromatic heterocycles. The molecule has 0 spiro atoms. The van der Waals surface area contributed by atoms with E-state index in [2.05, 4.69) is 57.4 Å². The van der Waals surface area contributed by atoms with Crippen LogP contribution < -0.4 is 10.2 Å². The quantitative estimate of drug-likeness (QED) is 0.349. The molecule has 1 amide bonds. The number of oxazole rings is 1. The number of hydrogen-bond acceptors (Lipinski definition) is 5. The molecule has 1 N–H and O–H groups in total. The number of aromatic nitrogens is 1. The Morgan fingerprint density at radius 3 is 2.42 bits per heavy atom. The average Bonchev–Trinajstić information content (AvgIpc) is 3.42. The first-order valence-electron chi connectivity index (χ1n) is 12.6. The van der Waals surface area contributed by atoms with Gasteiger partial charge >= 0.3 is 0 Å². The van der Waals surface area contributed by atoms with Crippen LogP contribution in [0.4, 0.5) is 5.69 Å². The standard InChI is InChI=1S/C30H32N4O2/c1-23-12-14-24(15-13-23)28-22-32-30(36-28)27-11-6-5-10-26(27)29(35)31-16-7-17-33-18-20-34(21-19-33)25-8-3-2-4-9-25/h2-6,8-15,22H,7,16-21H2,1H3,(H,31,35). The summed E-state index contributed by atoms with van der Waals surface area (Å²) in [7, 11) is 0. The fourth-order valence-corrected chi connectivity index (χ4v) is 4.59. The van der Waals surface area contributed by atoms with Gasteiger partial charge in [-0.3, -0.25) is 9.69 Å². The van der Waals surface area contributed by atoms with Crippen molar-refractivity contribution in [1.29, 1.82) is 0 Å². The van der Waals surface area contributed by atoms with E-state index in [0.29, 0.717) is 29.3 Å². The molecule has 36 heavy (non-hydrogen) atoms. The number of amides is 1. The van der Waals surface area contributed by atoms with Crippen LogP contribution in [0.25, 0.3) is 22.8 Å². The number of nitrogens with one attached hydrogen (secondary N) is 1. The Morgan fingerprint density at radius 1 is 0.917 bits per heavy atom. The Bertz CT molecular complexity index is 1280. The lowest BCUT2D eigenvalue weighted by atomic mass is 10.1. The van der Waals surface area contributed by atoms with E-state index >= 15 is 0 Å². The van der Waals surface area contributed by atoms with Crippen LogP contribution in [0.3, 0.4) is 0 Å². The summed E-state index contributed by atoms with van der Waals surface area (Å²) in [5.41, 5.74) is 4.72. The van der Waals surface area contributed by atoms with Crippen LogP contribution in [0.15, 0.2) is 89.5 Å². The summed E-state index contributed by atoms with van der Waals surface area (Å²) in [5, 5.41) is 3.08. The number of aryl methyl sites for hydroxylation is 1. The molecule has 0 saturated carbocycles. The third-order valence-electron chi connectivity index (χ3n) is 6.67. The van der Waals surface area contributed by atoms with E-state index in [0.717, 1.165) is 44.7 Å². The highest BCUT2D eigenvalue weighted by molar-refractivity contribution is 6.00. The van der Waals surface area contributed by atoms with Crippen molar-refractivity contribution in [3.8, 4) is 22.8 Å². The normalized spacial score (nSPS) is 14.1. The highest BCUT2D eigenvalue weighted by atomic mass is 16.4. The van der Waals surface area contributed by atoms with Crippen LogP contribution in [-0.4, -0.2) is 55.1 Å². The van der Waals surface area contributed by atoms with E-state index in [9.17, 15) is 4.79 Å². The zero-order chi connectivity index (χ0) is 24.7. The largest absolute Gasteiger partial charge is 0.436 e. The molecule has 6 nitrogen and oxygen atoms in total. The molecule has 1 aliphatic heterocycles. The van der Waals surface area contributed by atoms with Crippen molar-refractivity contribution >= 4 is 11.6 Å². The van der Waals surface area contributed by atoms with E-state index in [1.807, 2.05) is 48.5 Å². The maximum atomic E-state index is 13.0. The summed E-state index contributed by atoms with van der Waals surface area (Å²) >= 11 is 0. The Balaban J connectivity index is 1.13. The van der Waals surface area contributed by atoms with E-state index in [1.165, 1.54) is 11.3 Å². The van der Waals surface area contributed by atoms with Crippen molar-refractivity contribution in [2.75, 3.05) is 44.2 Å². The number of hydrogen-bond donors (Lipinski definition) is 1. The minimum Gasteiger partial charge on any atom is -0.436 e. The number of piperazine rings is 1. The molecule has 4 aromatic rings. The third kappa shape index (κ3) is 5.66. The molecule has 1 aliphatic rings. The van der Waals surface area contributed by atoms with Gasteiger partial charge in [-0.2, -0.15) is 0 Å². The van der Waals surface area contributed by atoms with Crippen LogP contribution in [0, 0.1) is 6.92 Å². The predicted molar refractivity (Wildman–Crippen MR) is 144 cm³/mol. The summed E-state index contributed by atoms with van der Waals surface area (Å²) in [4.78, 5) is 22.4. The van der Waals surface area contributed by atoms with Gasteiger partial charge in [0.25, 0.3) is 5.91 Å².